The molecule has 0 aliphatic carbocycles. The maximum Gasteiger partial charge on any atom is 0.247 e. The lowest BCUT2D eigenvalue weighted by Gasteiger charge is -2.19. The second-order valence-electron chi connectivity index (χ2n) is 5.19. The summed E-state index contributed by atoms with van der Waals surface area (Å²) in [5.41, 5.74) is 3.10. The van der Waals surface area contributed by atoms with Gasteiger partial charge in [-0.1, -0.05) is 42.1 Å². The van der Waals surface area contributed by atoms with E-state index in [0.29, 0.717) is 16.7 Å². The van der Waals surface area contributed by atoms with Crippen LogP contribution in [-0.4, -0.2) is 21.4 Å². The second-order valence-corrected chi connectivity index (χ2v) is 5.97. The number of thioether (sulfide) groups is 1. The van der Waals surface area contributed by atoms with E-state index in [0.717, 1.165) is 16.8 Å². The topological polar surface area (TPSA) is 59.9 Å². The summed E-state index contributed by atoms with van der Waals surface area (Å²) in [4.78, 5) is 4.44. The van der Waals surface area contributed by atoms with Gasteiger partial charge < -0.3 is 10.1 Å². The Balaban J connectivity index is 1.85. The maximum atomic E-state index is 13.2. The lowest BCUT2D eigenvalue weighted by molar-refractivity contribution is 0.225. The van der Waals surface area contributed by atoms with Crippen molar-refractivity contribution < 1.29 is 9.13 Å². The molecule has 0 radical (unpaired) electrons. The quantitative estimate of drug-likeness (QED) is 0.714. The monoisotopic (exact) mass is 340 g/mol. The predicted octanol–water partition coefficient (Wildman–Crippen LogP) is 3.90. The van der Waals surface area contributed by atoms with E-state index in [-0.39, 0.29) is 5.82 Å². The Labute approximate surface area is 142 Å². The van der Waals surface area contributed by atoms with E-state index >= 15 is 0 Å². The van der Waals surface area contributed by atoms with Crippen LogP contribution in [0.4, 0.5) is 10.1 Å². The molecule has 0 fully saturated rings. The second kappa shape index (κ2) is 6.09. The Morgan fingerprint density at radius 3 is 2.67 bits per heavy atom. The van der Waals surface area contributed by atoms with Crippen molar-refractivity contribution in [3.8, 4) is 17.1 Å². The summed E-state index contributed by atoms with van der Waals surface area (Å²) in [6, 6.07) is 13.9. The van der Waals surface area contributed by atoms with Crippen molar-refractivity contribution in [3.63, 3.8) is 0 Å². The van der Waals surface area contributed by atoms with Crippen molar-refractivity contribution in [1.82, 2.24) is 15.2 Å². The standard InChI is InChI=1S/C17H13FN4OS/c1-24-17-20-16-14(21-22-17)12-4-2-3-5-13(12)19-15(23-16)10-6-8-11(18)9-7-10/h2-9,15,19H,1H3/t15-/m1/s1. The molecule has 2 aromatic carbocycles. The molecule has 24 heavy (non-hydrogen) atoms. The average Bonchev–Trinajstić information content (AvgIpc) is 2.78. The molecule has 1 atom stereocenters. The molecular weight excluding hydrogens is 327 g/mol. The van der Waals surface area contributed by atoms with Crippen molar-refractivity contribution >= 4 is 17.4 Å². The van der Waals surface area contributed by atoms with Gasteiger partial charge in [0, 0.05) is 16.8 Å². The van der Waals surface area contributed by atoms with Gasteiger partial charge in [0.1, 0.15) is 5.82 Å². The molecule has 120 valence electrons. The van der Waals surface area contributed by atoms with Gasteiger partial charge in [-0.15, -0.1) is 10.2 Å². The summed E-state index contributed by atoms with van der Waals surface area (Å²) in [5.74, 6) is 0.114. The van der Waals surface area contributed by atoms with E-state index < -0.39 is 6.23 Å². The van der Waals surface area contributed by atoms with Crippen molar-refractivity contribution in [1.29, 1.82) is 0 Å². The molecule has 0 saturated heterocycles. The first kappa shape index (κ1) is 14.9. The molecule has 0 saturated carbocycles. The molecule has 0 amide bonds. The van der Waals surface area contributed by atoms with Crippen LogP contribution in [0, 0.1) is 5.82 Å². The third-order valence-corrected chi connectivity index (χ3v) is 4.23. The molecule has 1 aliphatic heterocycles. The number of rotatable bonds is 2. The number of anilines is 1. The van der Waals surface area contributed by atoms with Crippen LogP contribution in [0.5, 0.6) is 5.88 Å². The smallest absolute Gasteiger partial charge is 0.247 e. The highest BCUT2D eigenvalue weighted by Gasteiger charge is 2.25. The zero-order chi connectivity index (χ0) is 16.5. The molecule has 5 nitrogen and oxygen atoms in total. The van der Waals surface area contributed by atoms with Crippen LogP contribution in [0.1, 0.15) is 11.8 Å². The van der Waals surface area contributed by atoms with E-state index in [2.05, 4.69) is 20.5 Å². The Hall–Kier alpha value is -2.67. The van der Waals surface area contributed by atoms with Crippen molar-refractivity contribution in [2.75, 3.05) is 11.6 Å². The Bertz CT molecular complexity index is 888. The maximum absolute atomic E-state index is 13.2. The highest BCUT2D eigenvalue weighted by Crippen LogP contribution is 2.39. The zero-order valence-corrected chi connectivity index (χ0v) is 13.5. The average molecular weight is 340 g/mol. The minimum atomic E-state index is -0.501. The summed E-state index contributed by atoms with van der Waals surface area (Å²) in [5, 5.41) is 12.2. The summed E-state index contributed by atoms with van der Waals surface area (Å²) in [7, 11) is 0. The molecule has 1 aliphatic rings. The zero-order valence-electron chi connectivity index (χ0n) is 12.7. The minimum Gasteiger partial charge on any atom is -0.448 e. The van der Waals surface area contributed by atoms with Crippen LogP contribution in [0.3, 0.4) is 0 Å². The van der Waals surface area contributed by atoms with Crippen LogP contribution in [0.25, 0.3) is 11.3 Å². The molecule has 7 heteroatoms. The molecule has 0 bridgehead atoms. The molecule has 4 rings (SSSR count). The summed E-state index contributed by atoms with van der Waals surface area (Å²) < 4.78 is 19.3. The van der Waals surface area contributed by atoms with Crippen LogP contribution in [0.2, 0.25) is 0 Å². The molecule has 1 aromatic heterocycles. The SMILES string of the molecule is CSc1nnc2c(n1)O[C@H](c1ccc(F)cc1)Nc1ccccc1-2. The summed E-state index contributed by atoms with van der Waals surface area (Å²) in [6.07, 6.45) is 1.38. The predicted molar refractivity (Wildman–Crippen MR) is 90.4 cm³/mol. The molecule has 1 N–H and O–H groups in total. The van der Waals surface area contributed by atoms with Gasteiger partial charge in [0.15, 0.2) is 11.9 Å². The highest BCUT2D eigenvalue weighted by atomic mass is 32.2. The van der Waals surface area contributed by atoms with Gasteiger partial charge in [0.05, 0.1) is 0 Å². The van der Waals surface area contributed by atoms with Gasteiger partial charge >= 0.3 is 0 Å². The van der Waals surface area contributed by atoms with Crippen LogP contribution in [0.15, 0.2) is 53.7 Å². The number of para-hydroxylation sites is 1. The summed E-state index contributed by atoms with van der Waals surface area (Å²) in [6.45, 7) is 0. The first-order valence-corrected chi connectivity index (χ1v) is 8.54. The number of halogens is 1. The van der Waals surface area contributed by atoms with Crippen LogP contribution < -0.4 is 10.1 Å². The highest BCUT2D eigenvalue weighted by molar-refractivity contribution is 7.98. The van der Waals surface area contributed by atoms with E-state index in [1.807, 2.05) is 30.5 Å². The van der Waals surface area contributed by atoms with E-state index in [1.165, 1.54) is 23.9 Å². The lowest BCUT2D eigenvalue weighted by Crippen LogP contribution is -2.17. The molecular formula is C17H13FN4OS. The largest absolute Gasteiger partial charge is 0.448 e. The number of nitrogens with one attached hydrogen (secondary N) is 1. The van der Waals surface area contributed by atoms with Gasteiger partial charge in [-0.05, 0) is 24.5 Å². The fourth-order valence-electron chi connectivity index (χ4n) is 2.52. The fraction of sp³-hybridized carbons (Fsp3) is 0.118. The molecule has 2 heterocycles. The molecule has 0 spiro atoms. The van der Waals surface area contributed by atoms with Crippen LogP contribution >= 0.6 is 11.8 Å². The Kier molecular flexibility index (Phi) is 3.78. The number of benzene rings is 2. The van der Waals surface area contributed by atoms with Gasteiger partial charge in [-0.25, -0.2) is 4.39 Å². The first-order valence-electron chi connectivity index (χ1n) is 7.31. The Morgan fingerprint density at radius 1 is 1.08 bits per heavy atom. The van der Waals surface area contributed by atoms with Gasteiger partial charge in [0.25, 0.3) is 0 Å². The molecule has 0 unspecified atom stereocenters. The fourth-order valence-corrected chi connectivity index (χ4v) is 2.82. The van der Waals surface area contributed by atoms with E-state index in [9.17, 15) is 4.39 Å². The first-order chi connectivity index (χ1) is 11.7. The minimum absolute atomic E-state index is 0.290. The van der Waals surface area contributed by atoms with Gasteiger partial charge in [-0.3, -0.25) is 0 Å². The lowest BCUT2D eigenvalue weighted by atomic mass is 10.1. The van der Waals surface area contributed by atoms with Gasteiger partial charge in [-0.2, -0.15) is 4.98 Å². The molecule has 3 aromatic rings. The van der Waals surface area contributed by atoms with Crippen molar-refractivity contribution in [2.24, 2.45) is 0 Å². The number of hydrogen-bond acceptors (Lipinski definition) is 6. The third kappa shape index (κ3) is 2.67. The number of nitrogens with zero attached hydrogens (tertiary/aromatic N) is 3. The van der Waals surface area contributed by atoms with Crippen molar-refractivity contribution in [2.45, 2.75) is 11.4 Å². The number of hydrogen-bond donors (Lipinski definition) is 1. The van der Waals surface area contributed by atoms with E-state index in [1.54, 1.807) is 12.1 Å². The third-order valence-electron chi connectivity index (χ3n) is 3.69. The number of aromatic nitrogens is 3. The van der Waals surface area contributed by atoms with Crippen molar-refractivity contribution in [3.05, 3.63) is 59.9 Å². The number of ether oxygens (including phenoxy) is 1. The summed E-state index contributed by atoms with van der Waals surface area (Å²) >= 11 is 1.39. The van der Waals surface area contributed by atoms with Gasteiger partial charge in [0.2, 0.25) is 11.0 Å². The van der Waals surface area contributed by atoms with E-state index in [4.69, 9.17) is 4.74 Å². The Morgan fingerprint density at radius 2 is 1.88 bits per heavy atom. The normalized spacial score (nSPS) is 15.5. The number of fused-ring (bicyclic) bond motifs is 3. The van der Waals surface area contributed by atoms with Crippen LogP contribution in [-0.2, 0) is 0 Å².